The first-order valence-corrected chi connectivity index (χ1v) is 7.91. The largest absolute Gasteiger partial charge is 0.0891 e. The minimum absolute atomic E-state index is 0.978. The van der Waals surface area contributed by atoms with E-state index >= 15 is 0 Å². The molecule has 104 valence electrons. The summed E-state index contributed by atoms with van der Waals surface area (Å²) in [5.41, 5.74) is 0. The highest BCUT2D eigenvalue weighted by Crippen LogP contribution is 2.05. The van der Waals surface area contributed by atoms with E-state index in [2.05, 4.69) is 47.4 Å². The molecule has 1 aliphatic rings. The van der Waals surface area contributed by atoms with Crippen LogP contribution >= 0.6 is 0 Å². The van der Waals surface area contributed by atoms with E-state index in [4.69, 9.17) is 0 Å². The van der Waals surface area contributed by atoms with Crippen LogP contribution in [-0.4, -0.2) is 0 Å². The Morgan fingerprint density at radius 2 is 0.550 bits per heavy atom. The Bertz CT molecular complexity index is 383. The van der Waals surface area contributed by atoms with E-state index in [0.717, 1.165) is 25.7 Å². The topological polar surface area (TPSA) is 0 Å². The first kappa shape index (κ1) is 16.3. The van der Waals surface area contributed by atoms with E-state index in [1.54, 1.807) is 0 Å². The molecule has 0 heterocycles. The molecule has 20 heavy (non-hydrogen) atoms. The average molecular weight is 264 g/mol. The fourth-order valence-corrected chi connectivity index (χ4v) is 1.99. The summed E-state index contributed by atoms with van der Waals surface area (Å²) >= 11 is 0. The van der Waals surface area contributed by atoms with E-state index < -0.39 is 0 Å². The van der Waals surface area contributed by atoms with Crippen molar-refractivity contribution in [1.29, 1.82) is 0 Å². The molecule has 0 atom stereocenters. The molecule has 0 nitrogen and oxygen atoms in total. The van der Waals surface area contributed by atoms with E-state index in [0.29, 0.717) is 0 Å². The van der Waals surface area contributed by atoms with Crippen LogP contribution < -0.4 is 0 Å². The summed E-state index contributed by atoms with van der Waals surface area (Å²) in [6.07, 6.45) is 13.6. The smallest absolute Gasteiger partial charge is 0.00989 e. The van der Waals surface area contributed by atoms with Gasteiger partial charge in [0.2, 0.25) is 0 Å². The van der Waals surface area contributed by atoms with E-state index in [1.807, 2.05) is 0 Å². The maximum absolute atomic E-state index is 3.14. The van der Waals surface area contributed by atoms with Crippen LogP contribution in [0.3, 0.4) is 0 Å². The highest BCUT2D eigenvalue weighted by atomic mass is 13.9. The maximum atomic E-state index is 3.14. The first-order chi connectivity index (χ1) is 10.0. The molecule has 0 heteroatoms. The van der Waals surface area contributed by atoms with Crippen molar-refractivity contribution in [2.24, 2.45) is 0 Å². The molecule has 0 bridgehead atoms. The monoisotopic (exact) mass is 264 g/mol. The highest BCUT2D eigenvalue weighted by Gasteiger charge is 1.88. The highest BCUT2D eigenvalue weighted by molar-refractivity contribution is 5.26. The molecule has 0 amide bonds. The molecule has 0 radical (unpaired) electrons. The third-order valence-corrected chi connectivity index (χ3v) is 3.19. The maximum Gasteiger partial charge on any atom is 0.00989 e. The molecule has 0 aromatic rings. The lowest BCUT2D eigenvalue weighted by atomic mass is 10.1. The molecule has 0 saturated carbocycles. The Labute approximate surface area is 125 Å². The van der Waals surface area contributed by atoms with Gasteiger partial charge in [-0.15, -0.1) is 0 Å². The minimum Gasteiger partial charge on any atom is -0.0891 e. The second kappa shape index (κ2) is 13.7. The molecular weight excluding hydrogens is 240 g/mol. The summed E-state index contributed by atoms with van der Waals surface area (Å²) in [6, 6.07) is 0. The molecule has 0 spiro atoms. The van der Waals surface area contributed by atoms with Gasteiger partial charge in [-0.1, -0.05) is 49.4 Å². The molecule has 0 aromatic carbocycles. The predicted molar refractivity (Wildman–Crippen MR) is 86.5 cm³/mol. The zero-order chi connectivity index (χ0) is 14.1. The van der Waals surface area contributed by atoms with Gasteiger partial charge in [-0.2, -0.15) is 0 Å². The van der Waals surface area contributed by atoms with Gasteiger partial charge in [0.25, 0.3) is 0 Å². The quantitative estimate of drug-likeness (QED) is 0.557. The molecule has 0 aliphatic heterocycles. The van der Waals surface area contributed by atoms with Crippen molar-refractivity contribution in [2.45, 2.75) is 77.0 Å². The van der Waals surface area contributed by atoms with Crippen LogP contribution in [-0.2, 0) is 0 Å². The Morgan fingerprint density at radius 3 is 0.800 bits per heavy atom. The predicted octanol–water partition coefficient (Wildman–Crippen LogP) is 4.69. The van der Waals surface area contributed by atoms with Crippen molar-refractivity contribution in [3.05, 3.63) is 0 Å². The van der Waals surface area contributed by atoms with Crippen LogP contribution in [0.4, 0.5) is 0 Å². The van der Waals surface area contributed by atoms with Gasteiger partial charge in [0.15, 0.2) is 0 Å². The van der Waals surface area contributed by atoms with E-state index in [9.17, 15) is 0 Å². The summed E-state index contributed by atoms with van der Waals surface area (Å²) in [7, 11) is 0. The summed E-state index contributed by atoms with van der Waals surface area (Å²) in [6.45, 7) is 0. The second-order valence-electron chi connectivity index (χ2n) is 5.04. The van der Waals surface area contributed by atoms with Gasteiger partial charge in [0.1, 0.15) is 0 Å². The second-order valence-corrected chi connectivity index (χ2v) is 5.04. The van der Waals surface area contributed by atoms with Crippen molar-refractivity contribution in [3.8, 4) is 47.4 Å². The lowest BCUT2D eigenvalue weighted by molar-refractivity contribution is 0.660. The molecular formula is C20H24. The lowest BCUT2D eigenvalue weighted by Gasteiger charge is -1.94. The van der Waals surface area contributed by atoms with E-state index in [1.165, 1.54) is 51.4 Å². The number of hydrogen-bond donors (Lipinski definition) is 0. The van der Waals surface area contributed by atoms with Gasteiger partial charge in [0, 0.05) is 25.7 Å². The molecule has 0 aromatic heterocycles. The number of rotatable bonds is 0. The lowest BCUT2D eigenvalue weighted by Crippen LogP contribution is -1.78. The Balaban J connectivity index is 2.31. The fraction of sp³-hybridized carbons (Fsp3) is 0.600. The van der Waals surface area contributed by atoms with Crippen molar-refractivity contribution >= 4 is 0 Å². The van der Waals surface area contributed by atoms with Gasteiger partial charge < -0.3 is 0 Å². The SMILES string of the molecule is C1#CCCCCCCC#CC#CCCCCCCC#C1. The van der Waals surface area contributed by atoms with Gasteiger partial charge in [0.05, 0.1) is 0 Å². The van der Waals surface area contributed by atoms with Crippen LogP contribution in [0.1, 0.15) is 77.0 Å². The van der Waals surface area contributed by atoms with Crippen LogP contribution in [0.5, 0.6) is 0 Å². The van der Waals surface area contributed by atoms with Crippen molar-refractivity contribution in [1.82, 2.24) is 0 Å². The van der Waals surface area contributed by atoms with Gasteiger partial charge in [-0.3, -0.25) is 0 Å². The molecule has 1 aliphatic carbocycles. The Kier molecular flexibility index (Phi) is 11.1. The van der Waals surface area contributed by atoms with Crippen LogP contribution in [0.15, 0.2) is 0 Å². The molecule has 0 unspecified atom stereocenters. The average Bonchev–Trinajstić information content (AvgIpc) is 2.46. The minimum atomic E-state index is 0.978. The standard InChI is InChI=1S/C20H24/c1-2-4-6-8-10-12-14-16-18-20-19-17-15-13-11-9-7-5-3-1/h1-6,15-20H2. The molecule has 0 saturated heterocycles. The summed E-state index contributed by atoms with van der Waals surface area (Å²) in [5, 5.41) is 0. The van der Waals surface area contributed by atoms with Crippen molar-refractivity contribution in [3.63, 3.8) is 0 Å². The molecule has 0 N–H and O–H groups in total. The zero-order valence-electron chi connectivity index (χ0n) is 12.5. The first-order valence-electron chi connectivity index (χ1n) is 7.91. The summed E-state index contributed by atoms with van der Waals surface area (Å²) in [4.78, 5) is 0. The van der Waals surface area contributed by atoms with Gasteiger partial charge in [-0.05, 0) is 49.4 Å². The molecule has 0 fully saturated rings. The van der Waals surface area contributed by atoms with Gasteiger partial charge in [-0.25, -0.2) is 0 Å². The van der Waals surface area contributed by atoms with Crippen molar-refractivity contribution < 1.29 is 0 Å². The molecule has 1 rings (SSSR count). The van der Waals surface area contributed by atoms with Crippen molar-refractivity contribution in [2.75, 3.05) is 0 Å². The number of hydrogen-bond acceptors (Lipinski definition) is 0. The van der Waals surface area contributed by atoms with Crippen LogP contribution in [0.25, 0.3) is 0 Å². The third-order valence-electron chi connectivity index (χ3n) is 3.19. The Morgan fingerprint density at radius 1 is 0.300 bits per heavy atom. The Hall–Kier alpha value is -1.76. The van der Waals surface area contributed by atoms with Crippen LogP contribution in [0, 0.1) is 47.4 Å². The normalized spacial score (nSPS) is 17.6. The van der Waals surface area contributed by atoms with Gasteiger partial charge >= 0.3 is 0 Å². The zero-order valence-corrected chi connectivity index (χ0v) is 12.5. The fourth-order valence-electron chi connectivity index (χ4n) is 1.99. The third kappa shape index (κ3) is 11.3. The summed E-state index contributed by atoms with van der Waals surface area (Å²) < 4.78 is 0. The van der Waals surface area contributed by atoms with Crippen LogP contribution in [0.2, 0.25) is 0 Å². The summed E-state index contributed by atoms with van der Waals surface area (Å²) in [5.74, 6) is 24.4. The van der Waals surface area contributed by atoms with E-state index in [-0.39, 0.29) is 0 Å².